The summed E-state index contributed by atoms with van der Waals surface area (Å²) in [5, 5.41) is 7.27. The van der Waals surface area contributed by atoms with Gasteiger partial charge in [-0.05, 0) is 73.0 Å². The summed E-state index contributed by atoms with van der Waals surface area (Å²) in [6.07, 6.45) is 9.91. The van der Waals surface area contributed by atoms with Crippen LogP contribution < -0.4 is 0 Å². The number of furan rings is 1. The molecular weight excluding hydrogens is 560 g/mol. The molecule has 0 saturated heterocycles. The normalized spacial score (nSPS) is 15.0. The molecular formula is C43H30N2O. The maximum absolute atomic E-state index is 6.66. The highest BCUT2D eigenvalue weighted by atomic mass is 16.3. The summed E-state index contributed by atoms with van der Waals surface area (Å²) < 4.78 is 11.7. The van der Waals surface area contributed by atoms with Crippen LogP contribution in [0.4, 0.5) is 0 Å². The fourth-order valence-corrected chi connectivity index (χ4v) is 7.88. The molecule has 3 heteroatoms. The van der Waals surface area contributed by atoms with Gasteiger partial charge in [-0.3, -0.25) is 0 Å². The Labute approximate surface area is 265 Å². The lowest BCUT2D eigenvalue weighted by Crippen LogP contribution is -2.07. The number of hydrogen-bond acceptors (Lipinski definition) is 1. The monoisotopic (exact) mass is 590 g/mol. The Hall–Kier alpha value is -5.80. The van der Waals surface area contributed by atoms with Gasteiger partial charge in [0.15, 0.2) is 0 Å². The Morgan fingerprint density at radius 2 is 1.39 bits per heavy atom. The Morgan fingerprint density at radius 1 is 0.609 bits per heavy atom. The molecule has 0 aliphatic heterocycles. The van der Waals surface area contributed by atoms with E-state index in [1.165, 1.54) is 60.3 Å². The molecule has 0 bridgehead atoms. The number of fused-ring (bicyclic) bond motifs is 11. The molecule has 9 aromatic rings. The van der Waals surface area contributed by atoms with Crippen molar-refractivity contribution in [2.45, 2.75) is 19.4 Å². The quantitative estimate of drug-likeness (QED) is 0.201. The van der Waals surface area contributed by atoms with Gasteiger partial charge in [-0.25, -0.2) is 0 Å². The van der Waals surface area contributed by atoms with E-state index in [2.05, 4.69) is 162 Å². The van der Waals surface area contributed by atoms with Gasteiger partial charge < -0.3 is 13.6 Å². The first kappa shape index (κ1) is 25.5. The van der Waals surface area contributed by atoms with Crippen LogP contribution in [-0.2, 0) is 0 Å². The summed E-state index contributed by atoms with van der Waals surface area (Å²) in [4.78, 5) is 0. The van der Waals surface area contributed by atoms with Gasteiger partial charge in [0.25, 0.3) is 0 Å². The van der Waals surface area contributed by atoms with Crippen LogP contribution in [0.3, 0.4) is 0 Å². The third-order valence-corrected chi connectivity index (χ3v) is 9.85. The second-order valence-corrected chi connectivity index (χ2v) is 12.5. The first-order chi connectivity index (χ1) is 22.7. The van der Waals surface area contributed by atoms with E-state index in [0.29, 0.717) is 0 Å². The van der Waals surface area contributed by atoms with Gasteiger partial charge >= 0.3 is 0 Å². The average molecular weight is 591 g/mol. The van der Waals surface area contributed by atoms with Crippen molar-refractivity contribution >= 4 is 65.6 Å². The molecule has 0 spiro atoms. The zero-order chi connectivity index (χ0) is 30.4. The molecule has 3 aromatic heterocycles. The molecule has 0 radical (unpaired) electrons. The predicted octanol–water partition coefficient (Wildman–Crippen LogP) is 11.8. The van der Waals surface area contributed by atoms with Gasteiger partial charge in [-0.1, -0.05) is 103 Å². The van der Waals surface area contributed by atoms with E-state index in [0.717, 1.165) is 34.0 Å². The van der Waals surface area contributed by atoms with Crippen molar-refractivity contribution in [3.63, 3.8) is 0 Å². The molecule has 3 heterocycles. The van der Waals surface area contributed by atoms with Crippen LogP contribution in [0.5, 0.6) is 0 Å². The van der Waals surface area contributed by atoms with E-state index >= 15 is 0 Å². The van der Waals surface area contributed by atoms with Crippen molar-refractivity contribution in [1.29, 1.82) is 0 Å². The van der Waals surface area contributed by atoms with Crippen molar-refractivity contribution in [2.24, 2.45) is 0 Å². The van der Waals surface area contributed by atoms with E-state index in [-0.39, 0.29) is 6.04 Å². The van der Waals surface area contributed by atoms with Gasteiger partial charge in [0.05, 0.1) is 33.5 Å². The minimum atomic E-state index is 0.198. The van der Waals surface area contributed by atoms with Crippen LogP contribution >= 0.6 is 0 Å². The third kappa shape index (κ3) is 3.54. The molecule has 0 fully saturated rings. The van der Waals surface area contributed by atoms with Crippen LogP contribution in [0, 0.1) is 6.92 Å². The van der Waals surface area contributed by atoms with E-state index in [1.807, 2.05) is 0 Å². The highest BCUT2D eigenvalue weighted by Crippen LogP contribution is 2.46. The highest BCUT2D eigenvalue weighted by Gasteiger charge is 2.25. The second kappa shape index (κ2) is 9.60. The molecule has 46 heavy (non-hydrogen) atoms. The van der Waals surface area contributed by atoms with Crippen molar-refractivity contribution in [1.82, 2.24) is 9.13 Å². The standard InChI is InChI=1S/C43H30N2O/c1-27-11-9-12-28(25-27)29-13-10-16-31(26-29)44-36-19-7-5-18-34(36)40-37(44)24-22-35-41-38(45(42(35)40)30-14-3-2-4-15-30)23-21-33-32-17-6-8-20-39(32)46-43(33)41/h2-14,16-26,30H,15H2,1H3. The number of aromatic nitrogens is 2. The van der Waals surface area contributed by atoms with E-state index < -0.39 is 0 Å². The van der Waals surface area contributed by atoms with Crippen LogP contribution in [0.2, 0.25) is 0 Å². The second-order valence-electron chi connectivity index (χ2n) is 12.5. The average Bonchev–Trinajstić information content (AvgIpc) is 3.76. The Morgan fingerprint density at radius 3 is 2.26 bits per heavy atom. The molecule has 1 atom stereocenters. The Kier molecular flexibility index (Phi) is 5.32. The molecule has 0 saturated carbocycles. The minimum absolute atomic E-state index is 0.198. The maximum atomic E-state index is 6.66. The van der Waals surface area contributed by atoms with Crippen molar-refractivity contribution in [3.8, 4) is 16.8 Å². The number of para-hydroxylation sites is 2. The molecule has 0 amide bonds. The predicted molar refractivity (Wildman–Crippen MR) is 193 cm³/mol. The van der Waals surface area contributed by atoms with Crippen LogP contribution in [0.15, 0.2) is 150 Å². The molecule has 0 N–H and O–H groups in total. The lowest BCUT2D eigenvalue weighted by molar-refractivity contribution is 0.648. The fourth-order valence-electron chi connectivity index (χ4n) is 7.88. The molecule has 1 aliphatic rings. The largest absolute Gasteiger partial charge is 0.455 e. The lowest BCUT2D eigenvalue weighted by atomic mass is 10.0. The topological polar surface area (TPSA) is 23.0 Å². The number of nitrogens with zero attached hydrogens (tertiary/aromatic N) is 2. The van der Waals surface area contributed by atoms with E-state index in [4.69, 9.17) is 4.42 Å². The maximum Gasteiger partial charge on any atom is 0.145 e. The van der Waals surface area contributed by atoms with Gasteiger partial charge in [0.2, 0.25) is 0 Å². The zero-order valence-corrected chi connectivity index (χ0v) is 25.4. The summed E-state index contributed by atoms with van der Waals surface area (Å²) in [6.45, 7) is 2.15. The summed E-state index contributed by atoms with van der Waals surface area (Å²) in [5.41, 5.74) is 11.6. The summed E-state index contributed by atoms with van der Waals surface area (Å²) in [7, 11) is 0. The number of benzene rings is 6. The SMILES string of the molecule is Cc1cccc(-c2cccc(-n3c4ccccc4c4c3ccc3c5c6oc7ccccc7c6ccc5n(C5C=CC=CC5)c34)c2)c1. The molecule has 1 aliphatic carbocycles. The van der Waals surface area contributed by atoms with Gasteiger partial charge in [0.1, 0.15) is 11.2 Å². The van der Waals surface area contributed by atoms with Crippen molar-refractivity contribution in [3.05, 3.63) is 151 Å². The first-order valence-electron chi connectivity index (χ1n) is 16.1. The summed E-state index contributed by atoms with van der Waals surface area (Å²) in [5.74, 6) is 0. The molecule has 10 rings (SSSR count). The van der Waals surface area contributed by atoms with Crippen molar-refractivity contribution in [2.75, 3.05) is 0 Å². The van der Waals surface area contributed by atoms with E-state index in [1.54, 1.807) is 0 Å². The van der Waals surface area contributed by atoms with E-state index in [9.17, 15) is 0 Å². The number of hydrogen-bond donors (Lipinski definition) is 0. The van der Waals surface area contributed by atoms with Gasteiger partial charge in [-0.15, -0.1) is 0 Å². The van der Waals surface area contributed by atoms with Crippen LogP contribution in [-0.4, -0.2) is 9.13 Å². The fraction of sp³-hybridized carbons (Fsp3) is 0.0698. The number of aryl methyl sites for hydroxylation is 1. The molecule has 6 aromatic carbocycles. The van der Waals surface area contributed by atoms with Crippen LogP contribution in [0.25, 0.3) is 82.4 Å². The summed E-state index contributed by atoms with van der Waals surface area (Å²) in [6, 6.07) is 44.4. The van der Waals surface area contributed by atoms with Crippen molar-refractivity contribution < 1.29 is 4.42 Å². The number of rotatable bonds is 3. The van der Waals surface area contributed by atoms with Gasteiger partial charge in [-0.2, -0.15) is 0 Å². The minimum Gasteiger partial charge on any atom is -0.455 e. The lowest BCUT2D eigenvalue weighted by Gasteiger charge is -2.19. The third-order valence-electron chi connectivity index (χ3n) is 9.85. The molecule has 218 valence electrons. The first-order valence-corrected chi connectivity index (χ1v) is 16.1. The highest BCUT2D eigenvalue weighted by molar-refractivity contribution is 6.30. The zero-order valence-electron chi connectivity index (χ0n) is 25.4. The Bertz CT molecular complexity index is 2750. The number of allylic oxidation sites excluding steroid dienone is 4. The molecule has 3 nitrogen and oxygen atoms in total. The summed E-state index contributed by atoms with van der Waals surface area (Å²) >= 11 is 0. The van der Waals surface area contributed by atoms with Crippen LogP contribution in [0.1, 0.15) is 18.0 Å². The smallest absolute Gasteiger partial charge is 0.145 e. The molecule has 1 unspecified atom stereocenters. The Balaban J connectivity index is 1.35. The van der Waals surface area contributed by atoms with Gasteiger partial charge in [0, 0.05) is 32.6 Å².